The predicted octanol–water partition coefficient (Wildman–Crippen LogP) is 2.93. The molecule has 0 saturated heterocycles. The minimum absolute atomic E-state index is 0.106. The van der Waals surface area contributed by atoms with Crippen LogP contribution in [0.4, 0.5) is 0 Å². The van der Waals surface area contributed by atoms with Crippen LogP contribution in [0.3, 0.4) is 0 Å². The fourth-order valence-electron chi connectivity index (χ4n) is 4.91. The van der Waals surface area contributed by atoms with Crippen molar-refractivity contribution in [2.75, 3.05) is 75.2 Å². The highest BCUT2D eigenvalue weighted by atomic mass is 32.2. The Hall–Kier alpha value is -4.54. The first kappa shape index (κ1) is 38.9. The van der Waals surface area contributed by atoms with Crippen LogP contribution in [0.25, 0.3) is 5.57 Å². The number of carbonyl (C=O) groups is 1. The summed E-state index contributed by atoms with van der Waals surface area (Å²) in [6.07, 6.45) is 0.106. The van der Waals surface area contributed by atoms with E-state index in [-0.39, 0.29) is 12.0 Å². The molecule has 3 aromatic carbocycles. The van der Waals surface area contributed by atoms with Gasteiger partial charge in [0.05, 0.1) is 53.5 Å². The van der Waals surface area contributed by atoms with Crippen LogP contribution in [0.1, 0.15) is 16.7 Å². The van der Waals surface area contributed by atoms with E-state index in [0.29, 0.717) is 69.9 Å². The van der Waals surface area contributed by atoms with Crippen molar-refractivity contribution in [2.45, 2.75) is 12.2 Å². The summed E-state index contributed by atoms with van der Waals surface area (Å²) in [5, 5.41) is 20.0. The van der Waals surface area contributed by atoms with Gasteiger partial charge in [-0.1, -0.05) is 0 Å². The molecular weight excluding hydrogens is 662 g/mol. The molecule has 49 heavy (non-hydrogen) atoms. The number of hydrogen-bond acceptors (Lipinski definition) is 13. The Labute approximate surface area is 286 Å². The maximum absolute atomic E-state index is 13.6. The first-order valence-corrected chi connectivity index (χ1v) is 16.5. The summed E-state index contributed by atoms with van der Waals surface area (Å²) >= 11 is 0. The van der Waals surface area contributed by atoms with Crippen molar-refractivity contribution in [1.82, 2.24) is 4.90 Å². The normalized spacial score (nSPS) is 15.7. The van der Waals surface area contributed by atoms with Crippen molar-refractivity contribution < 1.29 is 61.1 Å². The number of cyclic esters (lactones) is 1. The van der Waals surface area contributed by atoms with Crippen LogP contribution < -0.4 is 28.4 Å². The second-order valence-corrected chi connectivity index (χ2v) is 12.5. The fraction of sp³-hybridized carbons (Fsp3) is 0.382. The summed E-state index contributed by atoms with van der Waals surface area (Å²) in [6, 6.07) is 15.4. The molecule has 1 heterocycles. The third-order valence-electron chi connectivity index (χ3n) is 7.30. The number of aliphatic hydroxyl groups is 2. The molecule has 1 unspecified atom stereocenters. The number of nitrogens with zero attached hydrogens (tertiary/aromatic N) is 1. The van der Waals surface area contributed by atoms with Crippen molar-refractivity contribution in [1.29, 1.82) is 0 Å². The van der Waals surface area contributed by atoms with Gasteiger partial charge in [0.2, 0.25) is 5.75 Å². The molecule has 1 aliphatic rings. The number of benzene rings is 3. The van der Waals surface area contributed by atoms with Crippen molar-refractivity contribution in [3.05, 3.63) is 76.9 Å². The van der Waals surface area contributed by atoms with Crippen LogP contribution in [0, 0.1) is 0 Å². The molecule has 0 aliphatic carbocycles. The molecule has 268 valence electrons. The number of hydrogen-bond donors (Lipinski definition) is 3. The summed E-state index contributed by atoms with van der Waals surface area (Å²) in [5.74, 6) is -0.457. The maximum Gasteiger partial charge on any atom is 0.342 e. The van der Waals surface area contributed by atoms with Crippen LogP contribution in [0.15, 0.2) is 60.2 Å². The van der Waals surface area contributed by atoms with E-state index in [9.17, 15) is 18.3 Å². The van der Waals surface area contributed by atoms with Crippen molar-refractivity contribution in [3.63, 3.8) is 0 Å². The highest BCUT2D eigenvalue weighted by molar-refractivity contribution is 7.85. The second kappa shape index (κ2) is 17.2. The lowest BCUT2D eigenvalue weighted by molar-refractivity contribution is -0.185. The van der Waals surface area contributed by atoms with Gasteiger partial charge in [0.25, 0.3) is 15.9 Å². The van der Waals surface area contributed by atoms with E-state index in [1.165, 1.54) is 28.4 Å². The molecule has 1 atom stereocenters. The number of aliphatic hydroxyl groups excluding tert-OH is 1. The number of rotatable bonds is 15. The SMILES string of the molecule is COc1ccc(C2(O)OC(=O)C(c3cc(OC)cc(OCCN(C)C)c3)=C2Cc2cc(OC)c(OC)c(OC)c2)cc1.O=S(=O)(O)CCO. The van der Waals surface area contributed by atoms with Gasteiger partial charge in [0, 0.05) is 30.2 Å². The Morgan fingerprint density at radius 2 is 1.41 bits per heavy atom. The van der Waals surface area contributed by atoms with Gasteiger partial charge in [-0.05, 0) is 73.8 Å². The van der Waals surface area contributed by atoms with Crippen LogP contribution in [0.2, 0.25) is 0 Å². The number of ether oxygens (including phenoxy) is 7. The molecule has 4 rings (SSSR count). The van der Waals surface area contributed by atoms with Crippen molar-refractivity contribution in [3.8, 4) is 34.5 Å². The predicted molar refractivity (Wildman–Crippen MR) is 180 cm³/mol. The largest absolute Gasteiger partial charge is 0.497 e. The zero-order valence-corrected chi connectivity index (χ0v) is 29.3. The molecular formula is C34H43NO13S. The summed E-state index contributed by atoms with van der Waals surface area (Å²) in [7, 11) is 7.64. The van der Waals surface area contributed by atoms with Crippen LogP contribution in [-0.4, -0.2) is 109 Å². The summed E-state index contributed by atoms with van der Waals surface area (Å²) in [6.45, 7) is 0.594. The Kier molecular flexibility index (Phi) is 13.7. The molecule has 0 spiro atoms. The molecule has 1 aliphatic heterocycles. The molecule has 0 amide bonds. The Morgan fingerprint density at radius 3 is 1.88 bits per heavy atom. The number of carbonyl (C=O) groups excluding carboxylic acids is 1. The van der Waals surface area contributed by atoms with Gasteiger partial charge in [-0.2, -0.15) is 8.42 Å². The van der Waals surface area contributed by atoms with Crippen molar-refractivity contribution >= 4 is 21.7 Å². The zero-order valence-electron chi connectivity index (χ0n) is 28.5. The highest BCUT2D eigenvalue weighted by Gasteiger charge is 2.48. The molecule has 3 N–H and O–H groups in total. The lowest BCUT2D eigenvalue weighted by Gasteiger charge is -2.26. The van der Waals surface area contributed by atoms with Gasteiger partial charge < -0.3 is 48.3 Å². The molecule has 0 radical (unpaired) electrons. The summed E-state index contributed by atoms with van der Waals surface area (Å²) < 4.78 is 66.2. The van der Waals surface area contributed by atoms with E-state index < -0.39 is 34.2 Å². The third-order valence-corrected chi connectivity index (χ3v) is 8.00. The topological polar surface area (TPSA) is 180 Å². The first-order valence-electron chi connectivity index (χ1n) is 14.9. The number of esters is 1. The van der Waals surface area contributed by atoms with Crippen LogP contribution in [0.5, 0.6) is 34.5 Å². The van der Waals surface area contributed by atoms with Gasteiger partial charge in [0.15, 0.2) is 11.5 Å². The second-order valence-electron chi connectivity index (χ2n) is 10.9. The Bertz CT molecular complexity index is 1700. The van der Waals surface area contributed by atoms with E-state index in [0.717, 1.165) is 0 Å². The van der Waals surface area contributed by atoms with Crippen LogP contribution >= 0.6 is 0 Å². The fourth-order valence-corrected chi connectivity index (χ4v) is 5.14. The number of methoxy groups -OCH3 is 5. The lowest BCUT2D eigenvalue weighted by Crippen LogP contribution is -2.29. The third kappa shape index (κ3) is 9.99. The standard InChI is InChI=1S/C32H37NO9.C2H6O4S/c1-33(2)12-13-41-25-18-21(17-24(19-25)37-4)29-26(14-20-15-27(38-5)30(40-7)28(16-20)39-6)32(35,42-31(29)34)22-8-10-23(36-3)11-9-22;3-1-2-7(4,5)6/h8-11,15-19,35H,12-14H2,1-7H3;3H,1-2H2,(H,4,5,6). The Balaban J connectivity index is 0.000000838. The minimum atomic E-state index is -3.92. The Morgan fingerprint density at radius 1 is 0.816 bits per heavy atom. The zero-order chi connectivity index (χ0) is 36.4. The molecule has 0 bridgehead atoms. The molecule has 3 aromatic rings. The lowest BCUT2D eigenvalue weighted by atomic mass is 9.87. The molecule has 0 fully saturated rings. The molecule has 15 heteroatoms. The van der Waals surface area contributed by atoms with E-state index in [1.54, 1.807) is 61.7 Å². The number of likely N-dealkylation sites (N-methyl/N-ethyl adjacent to an activating group) is 1. The highest BCUT2D eigenvalue weighted by Crippen LogP contribution is 2.47. The average Bonchev–Trinajstić information content (AvgIpc) is 3.32. The quantitative estimate of drug-likeness (QED) is 0.155. The van der Waals surface area contributed by atoms with Crippen LogP contribution in [-0.2, 0) is 31.9 Å². The van der Waals surface area contributed by atoms with Gasteiger partial charge in [-0.15, -0.1) is 0 Å². The monoisotopic (exact) mass is 705 g/mol. The van der Waals surface area contributed by atoms with Gasteiger partial charge in [0.1, 0.15) is 23.9 Å². The van der Waals surface area contributed by atoms with Gasteiger partial charge >= 0.3 is 5.97 Å². The molecule has 14 nitrogen and oxygen atoms in total. The minimum Gasteiger partial charge on any atom is -0.497 e. The first-order chi connectivity index (χ1) is 23.2. The van der Waals surface area contributed by atoms with E-state index in [2.05, 4.69) is 0 Å². The maximum atomic E-state index is 13.6. The van der Waals surface area contributed by atoms with E-state index in [1.807, 2.05) is 19.0 Å². The molecule has 0 saturated carbocycles. The van der Waals surface area contributed by atoms with Gasteiger partial charge in [-0.3, -0.25) is 4.55 Å². The summed E-state index contributed by atoms with van der Waals surface area (Å²) in [5.41, 5.74) is 2.04. The van der Waals surface area contributed by atoms with E-state index >= 15 is 0 Å². The van der Waals surface area contributed by atoms with Crippen molar-refractivity contribution in [2.24, 2.45) is 0 Å². The smallest absolute Gasteiger partial charge is 0.342 e. The van der Waals surface area contributed by atoms with Gasteiger partial charge in [-0.25, -0.2) is 4.79 Å². The average molecular weight is 706 g/mol. The van der Waals surface area contributed by atoms with E-state index in [4.69, 9.17) is 42.8 Å². The summed E-state index contributed by atoms with van der Waals surface area (Å²) in [4.78, 5) is 15.6. The molecule has 0 aromatic heterocycles.